The van der Waals surface area contributed by atoms with E-state index in [9.17, 15) is 8.42 Å². The zero-order chi connectivity index (χ0) is 15.6. The molecule has 0 atom stereocenters. The van der Waals surface area contributed by atoms with Crippen molar-refractivity contribution in [2.75, 3.05) is 4.72 Å². The van der Waals surface area contributed by atoms with E-state index in [1.54, 1.807) is 12.1 Å². The first-order chi connectivity index (χ1) is 9.78. The number of thiocarbonyl (C=S) groups is 1. The van der Waals surface area contributed by atoms with Crippen molar-refractivity contribution in [3.05, 3.63) is 53.3 Å². The molecule has 2 rings (SSSR count). The van der Waals surface area contributed by atoms with Crippen LogP contribution in [-0.4, -0.2) is 18.4 Å². The third-order valence-electron chi connectivity index (χ3n) is 2.77. The molecule has 3 N–H and O–H groups in total. The van der Waals surface area contributed by atoms with Crippen LogP contribution in [0, 0.1) is 13.8 Å². The molecule has 110 valence electrons. The molecule has 0 radical (unpaired) electrons. The smallest absolute Gasteiger partial charge is 0.263 e. The number of nitrogens with two attached hydrogens (primary N) is 1. The van der Waals surface area contributed by atoms with Crippen molar-refractivity contribution in [2.45, 2.75) is 18.7 Å². The summed E-state index contributed by atoms with van der Waals surface area (Å²) in [7, 11) is -3.69. The molecule has 2 aromatic rings. The predicted molar refractivity (Wildman–Crippen MR) is 86.8 cm³/mol. The standard InChI is InChI=1S/C14H15N3O2S2/c1-9-5-10(2)7-11(6-9)17-21(18,19)12-3-4-13(14(15)20)16-8-12/h3-8,17H,1-2H3,(H2,15,20). The summed E-state index contributed by atoms with van der Waals surface area (Å²) in [4.78, 5) is 4.12. The van der Waals surface area contributed by atoms with Crippen molar-refractivity contribution < 1.29 is 8.42 Å². The number of aryl methyl sites for hydroxylation is 2. The van der Waals surface area contributed by atoms with Gasteiger partial charge in [0, 0.05) is 11.9 Å². The maximum Gasteiger partial charge on any atom is 0.263 e. The summed E-state index contributed by atoms with van der Waals surface area (Å²) in [6, 6.07) is 8.41. The third-order valence-corrected chi connectivity index (χ3v) is 4.35. The van der Waals surface area contributed by atoms with Gasteiger partial charge in [-0.15, -0.1) is 0 Å². The number of nitrogens with zero attached hydrogens (tertiary/aromatic N) is 1. The third kappa shape index (κ3) is 3.77. The van der Waals surface area contributed by atoms with Gasteiger partial charge in [0.15, 0.2) is 0 Å². The van der Waals surface area contributed by atoms with Crippen LogP contribution >= 0.6 is 12.2 Å². The van der Waals surface area contributed by atoms with Crippen molar-refractivity contribution >= 4 is 32.9 Å². The number of anilines is 1. The van der Waals surface area contributed by atoms with Crippen LogP contribution in [0.2, 0.25) is 0 Å². The van der Waals surface area contributed by atoms with Gasteiger partial charge in [0.25, 0.3) is 10.0 Å². The van der Waals surface area contributed by atoms with Crippen molar-refractivity contribution in [3.63, 3.8) is 0 Å². The molecule has 0 bridgehead atoms. The average Bonchev–Trinajstić information content (AvgIpc) is 2.37. The lowest BCUT2D eigenvalue weighted by molar-refractivity contribution is 0.601. The second kappa shape index (κ2) is 5.79. The van der Waals surface area contributed by atoms with Gasteiger partial charge in [-0.1, -0.05) is 18.3 Å². The van der Waals surface area contributed by atoms with Crippen molar-refractivity contribution in [3.8, 4) is 0 Å². The first kappa shape index (κ1) is 15.4. The number of benzene rings is 1. The molecule has 0 saturated carbocycles. The molecule has 0 unspecified atom stereocenters. The second-order valence-corrected chi connectivity index (χ2v) is 6.85. The highest BCUT2D eigenvalue weighted by Crippen LogP contribution is 2.18. The van der Waals surface area contributed by atoms with Crippen LogP contribution in [-0.2, 0) is 10.0 Å². The second-order valence-electron chi connectivity index (χ2n) is 4.73. The molecule has 7 heteroatoms. The molecule has 0 aliphatic carbocycles. The minimum Gasteiger partial charge on any atom is -0.388 e. The van der Waals surface area contributed by atoms with E-state index in [0.717, 1.165) is 11.1 Å². The van der Waals surface area contributed by atoms with Gasteiger partial charge in [0.05, 0.1) is 5.69 Å². The molecule has 0 spiro atoms. The van der Waals surface area contributed by atoms with E-state index in [1.807, 2.05) is 19.9 Å². The Kier molecular flexibility index (Phi) is 4.24. The summed E-state index contributed by atoms with van der Waals surface area (Å²) >= 11 is 4.78. The van der Waals surface area contributed by atoms with Gasteiger partial charge < -0.3 is 5.73 Å². The number of nitrogens with one attached hydrogen (secondary N) is 1. The topological polar surface area (TPSA) is 85.1 Å². The zero-order valence-electron chi connectivity index (χ0n) is 11.6. The Bertz CT molecular complexity index is 764. The maximum absolute atomic E-state index is 12.3. The lowest BCUT2D eigenvalue weighted by Gasteiger charge is -2.10. The van der Waals surface area contributed by atoms with Crippen LogP contribution < -0.4 is 10.5 Å². The van der Waals surface area contributed by atoms with E-state index in [0.29, 0.717) is 11.4 Å². The van der Waals surface area contributed by atoms with Crippen LogP contribution in [0.4, 0.5) is 5.69 Å². The summed E-state index contributed by atoms with van der Waals surface area (Å²) < 4.78 is 27.1. The van der Waals surface area contributed by atoms with E-state index in [-0.39, 0.29) is 9.88 Å². The van der Waals surface area contributed by atoms with Gasteiger partial charge in [-0.25, -0.2) is 8.42 Å². The molecule has 0 aliphatic heterocycles. The summed E-state index contributed by atoms with van der Waals surface area (Å²) in [5.74, 6) is 0. The van der Waals surface area contributed by atoms with Gasteiger partial charge in [-0.05, 0) is 49.2 Å². The van der Waals surface area contributed by atoms with Crippen molar-refractivity contribution in [2.24, 2.45) is 5.73 Å². The van der Waals surface area contributed by atoms with E-state index in [4.69, 9.17) is 18.0 Å². The van der Waals surface area contributed by atoms with Crippen LogP contribution in [0.5, 0.6) is 0 Å². The molecule has 0 saturated heterocycles. The molecule has 0 amide bonds. The van der Waals surface area contributed by atoms with E-state index >= 15 is 0 Å². The fourth-order valence-corrected chi connectivity index (χ4v) is 3.04. The molecule has 0 fully saturated rings. The molecule has 1 heterocycles. The molecule has 5 nitrogen and oxygen atoms in total. The SMILES string of the molecule is Cc1cc(C)cc(NS(=O)(=O)c2ccc(C(N)=S)nc2)c1. The van der Waals surface area contributed by atoms with Gasteiger partial charge in [-0.2, -0.15) is 0 Å². The van der Waals surface area contributed by atoms with E-state index in [2.05, 4.69) is 9.71 Å². The van der Waals surface area contributed by atoms with Crippen LogP contribution in [0.25, 0.3) is 0 Å². The molecular weight excluding hydrogens is 306 g/mol. The lowest BCUT2D eigenvalue weighted by atomic mass is 10.1. The first-order valence-corrected chi connectivity index (χ1v) is 8.04. The predicted octanol–water partition coefficient (Wildman–Crippen LogP) is 2.13. The Morgan fingerprint density at radius 3 is 2.29 bits per heavy atom. The molecular formula is C14H15N3O2S2. The molecule has 0 aliphatic rings. The number of rotatable bonds is 4. The Hall–Kier alpha value is -1.99. The molecule has 21 heavy (non-hydrogen) atoms. The monoisotopic (exact) mass is 321 g/mol. The first-order valence-electron chi connectivity index (χ1n) is 6.15. The number of sulfonamides is 1. The minimum absolute atomic E-state index is 0.0571. The Labute approximate surface area is 129 Å². The quantitative estimate of drug-likeness (QED) is 0.843. The molecule has 1 aromatic carbocycles. The van der Waals surface area contributed by atoms with E-state index in [1.165, 1.54) is 18.3 Å². The fraction of sp³-hybridized carbons (Fsp3) is 0.143. The number of pyridine rings is 1. The van der Waals surface area contributed by atoms with Crippen molar-refractivity contribution in [1.82, 2.24) is 4.98 Å². The van der Waals surface area contributed by atoms with Gasteiger partial charge in [-0.3, -0.25) is 9.71 Å². The maximum atomic E-state index is 12.3. The summed E-state index contributed by atoms with van der Waals surface area (Å²) in [5, 5.41) is 0. The van der Waals surface area contributed by atoms with Crippen molar-refractivity contribution in [1.29, 1.82) is 0 Å². The van der Waals surface area contributed by atoms with Crippen LogP contribution in [0.15, 0.2) is 41.4 Å². The lowest BCUT2D eigenvalue weighted by Crippen LogP contribution is -2.15. The highest BCUT2D eigenvalue weighted by atomic mass is 32.2. The number of aromatic nitrogens is 1. The summed E-state index contributed by atoms with van der Waals surface area (Å²) in [6.45, 7) is 3.81. The Morgan fingerprint density at radius 2 is 1.81 bits per heavy atom. The van der Waals surface area contributed by atoms with E-state index < -0.39 is 10.0 Å². The fourth-order valence-electron chi connectivity index (χ4n) is 1.93. The number of hydrogen-bond donors (Lipinski definition) is 2. The normalized spacial score (nSPS) is 11.1. The van der Waals surface area contributed by atoms with Crippen LogP contribution in [0.3, 0.4) is 0 Å². The number of hydrogen-bond acceptors (Lipinski definition) is 4. The highest BCUT2D eigenvalue weighted by Gasteiger charge is 2.15. The molecule has 1 aromatic heterocycles. The van der Waals surface area contributed by atoms with Crippen LogP contribution in [0.1, 0.15) is 16.8 Å². The zero-order valence-corrected chi connectivity index (χ0v) is 13.3. The average molecular weight is 321 g/mol. The Balaban J connectivity index is 2.31. The Morgan fingerprint density at radius 1 is 1.19 bits per heavy atom. The van der Waals surface area contributed by atoms with Gasteiger partial charge in [0.1, 0.15) is 9.88 Å². The van der Waals surface area contributed by atoms with Gasteiger partial charge in [0.2, 0.25) is 0 Å². The highest BCUT2D eigenvalue weighted by molar-refractivity contribution is 7.92. The summed E-state index contributed by atoms with van der Waals surface area (Å²) in [5.41, 5.74) is 8.30. The summed E-state index contributed by atoms with van der Waals surface area (Å²) in [6.07, 6.45) is 1.24. The minimum atomic E-state index is -3.69. The largest absolute Gasteiger partial charge is 0.388 e. The van der Waals surface area contributed by atoms with Gasteiger partial charge >= 0.3 is 0 Å².